The first-order valence-electron chi connectivity index (χ1n) is 6.18. The smallest absolute Gasteiger partial charge is 0.256 e. The molecule has 92 valence electrons. The van der Waals surface area contributed by atoms with Crippen LogP contribution in [0.15, 0.2) is 60.7 Å². The monoisotopic (exact) mass is 246 g/mol. The van der Waals surface area contributed by atoms with Crippen LogP contribution in [0, 0.1) is 13.1 Å². The molecule has 0 saturated carbocycles. The molecular weight excluding hydrogens is 232 g/mol. The molecule has 2 aromatic rings. The normalized spacial score (nSPS) is 12.9. The van der Waals surface area contributed by atoms with Gasteiger partial charge in [0.2, 0.25) is 0 Å². The zero-order valence-electron chi connectivity index (χ0n) is 10.5. The first-order valence-corrected chi connectivity index (χ1v) is 6.18. The Bertz CT molecular complexity index is 535. The Balaban J connectivity index is 2.19. The molecule has 2 aromatic carbocycles. The van der Waals surface area contributed by atoms with Gasteiger partial charge < -0.3 is 9.69 Å². The third-order valence-electron chi connectivity index (χ3n) is 3.13. The maximum absolute atomic E-state index is 7.35. The molecule has 0 aliphatic heterocycles. The molecule has 2 nitrogen and oxygen atoms in total. The van der Waals surface area contributed by atoms with Gasteiger partial charge in [-0.15, -0.1) is 0 Å². The molecule has 0 bridgehead atoms. The minimum atomic E-state index is -0.250. The summed E-state index contributed by atoms with van der Waals surface area (Å²) in [7, 11) is 0. The Kier molecular flexibility index (Phi) is 4.32. The lowest BCUT2D eigenvalue weighted by molar-refractivity contribution is 0.667. The highest BCUT2D eigenvalue weighted by molar-refractivity contribution is 5.26. The molecule has 0 N–H and O–H groups in total. The van der Waals surface area contributed by atoms with Crippen LogP contribution in [0.5, 0.6) is 0 Å². The lowest BCUT2D eigenvalue weighted by Crippen LogP contribution is -2.01. The highest BCUT2D eigenvalue weighted by Gasteiger charge is 2.26. The van der Waals surface area contributed by atoms with Crippen molar-refractivity contribution in [2.24, 2.45) is 0 Å². The molecule has 19 heavy (non-hydrogen) atoms. The molecule has 0 amide bonds. The zero-order valence-corrected chi connectivity index (χ0v) is 10.5. The predicted molar refractivity (Wildman–Crippen MR) is 76.2 cm³/mol. The van der Waals surface area contributed by atoms with E-state index in [2.05, 4.69) is 9.69 Å². The maximum atomic E-state index is 7.35. The SMILES string of the molecule is [C-]#[N+]C(CC([N+]#[C-])c1ccccc1)c1ccccc1. The quantitative estimate of drug-likeness (QED) is 0.691. The van der Waals surface area contributed by atoms with Crippen molar-refractivity contribution in [3.05, 3.63) is 94.6 Å². The number of benzene rings is 2. The third kappa shape index (κ3) is 3.21. The number of rotatable bonds is 4. The van der Waals surface area contributed by atoms with Crippen LogP contribution in [0.1, 0.15) is 29.6 Å². The Morgan fingerprint density at radius 2 is 1.05 bits per heavy atom. The van der Waals surface area contributed by atoms with E-state index in [1.54, 1.807) is 0 Å². The van der Waals surface area contributed by atoms with E-state index >= 15 is 0 Å². The molecule has 2 atom stereocenters. The number of nitrogens with zero attached hydrogens (tertiary/aromatic N) is 2. The van der Waals surface area contributed by atoms with Crippen molar-refractivity contribution in [2.75, 3.05) is 0 Å². The van der Waals surface area contributed by atoms with Crippen LogP contribution in [0.25, 0.3) is 9.69 Å². The molecule has 0 saturated heterocycles. The van der Waals surface area contributed by atoms with E-state index in [9.17, 15) is 0 Å². The van der Waals surface area contributed by atoms with Crippen LogP contribution in [0.2, 0.25) is 0 Å². The highest BCUT2D eigenvalue weighted by atomic mass is 14.8. The average Bonchev–Trinajstić information content (AvgIpc) is 2.50. The molecule has 0 aliphatic rings. The molecule has 0 aromatic heterocycles. The van der Waals surface area contributed by atoms with Gasteiger partial charge in [-0.1, -0.05) is 60.7 Å². The molecule has 0 spiro atoms. The standard InChI is InChI=1S/C17H14N2/c1-18-16(14-9-5-3-6-10-14)13-17(19-2)15-11-7-4-8-12-15/h3-12,16-17H,13H2. The summed E-state index contributed by atoms with van der Waals surface area (Å²) >= 11 is 0. The van der Waals surface area contributed by atoms with Crippen LogP contribution in [-0.2, 0) is 0 Å². The molecule has 0 aliphatic carbocycles. The first-order chi connectivity index (χ1) is 9.35. The predicted octanol–water partition coefficient (Wildman–Crippen LogP) is 4.70. The van der Waals surface area contributed by atoms with E-state index < -0.39 is 0 Å². The average molecular weight is 246 g/mol. The van der Waals surface area contributed by atoms with Crippen molar-refractivity contribution < 1.29 is 0 Å². The summed E-state index contributed by atoms with van der Waals surface area (Å²) in [5.41, 5.74) is 1.98. The minimum Gasteiger partial charge on any atom is -0.308 e. The Morgan fingerprint density at radius 1 is 0.684 bits per heavy atom. The largest absolute Gasteiger partial charge is 0.308 e. The molecular formula is C17H14N2. The van der Waals surface area contributed by atoms with E-state index in [0.29, 0.717) is 6.42 Å². The second kappa shape index (κ2) is 6.38. The van der Waals surface area contributed by atoms with E-state index in [-0.39, 0.29) is 12.1 Å². The molecule has 0 fully saturated rings. The lowest BCUT2D eigenvalue weighted by atomic mass is 9.96. The second-order valence-corrected chi connectivity index (χ2v) is 4.35. The summed E-state index contributed by atoms with van der Waals surface area (Å²) in [5, 5.41) is 0. The summed E-state index contributed by atoms with van der Waals surface area (Å²) in [6.45, 7) is 14.7. The summed E-state index contributed by atoms with van der Waals surface area (Å²) in [5.74, 6) is 0. The molecule has 2 rings (SSSR count). The molecule has 2 heteroatoms. The molecule has 0 radical (unpaired) electrons. The van der Waals surface area contributed by atoms with Gasteiger partial charge in [-0.3, -0.25) is 0 Å². The van der Waals surface area contributed by atoms with Crippen LogP contribution in [0.4, 0.5) is 0 Å². The Hall–Kier alpha value is -2.58. The lowest BCUT2D eigenvalue weighted by Gasteiger charge is -2.08. The van der Waals surface area contributed by atoms with Gasteiger partial charge in [0.25, 0.3) is 12.1 Å². The summed E-state index contributed by atoms with van der Waals surface area (Å²) in [6.07, 6.45) is 0.543. The van der Waals surface area contributed by atoms with E-state index in [1.165, 1.54) is 0 Å². The van der Waals surface area contributed by atoms with Crippen molar-refractivity contribution in [1.29, 1.82) is 0 Å². The van der Waals surface area contributed by atoms with Crippen LogP contribution in [0.3, 0.4) is 0 Å². The number of hydrogen-bond acceptors (Lipinski definition) is 0. The first kappa shape index (κ1) is 12.9. The van der Waals surface area contributed by atoms with Gasteiger partial charge >= 0.3 is 0 Å². The molecule has 2 unspecified atom stereocenters. The van der Waals surface area contributed by atoms with Gasteiger partial charge in [0.15, 0.2) is 0 Å². The van der Waals surface area contributed by atoms with Gasteiger partial charge in [0.1, 0.15) is 6.42 Å². The topological polar surface area (TPSA) is 8.72 Å². The zero-order chi connectivity index (χ0) is 13.5. The Morgan fingerprint density at radius 3 is 1.37 bits per heavy atom. The summed E-state index contributed by atoms with van der Waals surface area (Å²) in [4.78, 5) is 7.36. The number of hydrogen-bond donors (Lipinski definition) is 0. The van der Waals surface area contributed by atoms with Gasteiger partial charge in [-0.25, -0.2) is 13.1 Å². The van der Waals surface area contributed by atoms with Crippen molar-refractivity contribution in [3.63, 3.8) is 0 Å². The fourth-order valence-electron chi connectivity index (χ4n) is 2.09. The van der Waals surface area contributed by atoms with Crippen LogP contribution in [-0.4, -0.2) is 0 Å². The van der Waals surface area contributed by atoms with Gasteiger partial charge in [-0.2, -0.15) is 0 Å². The van der Waals surface area contributed by atoms with Gasteiger partial charge in [0, 0.05) is 11.1 Å². The van der Waals surface area contributed by atoms with E-state index in [1.807, 2.05) is 60.7 Å². The van der Waals surface area contributed by atoms with Gasteiger partial charge in [-0.05, 0) is 0 Å². The Labute approximate surface area is 114 Å². The van der Waals surface area contributed by atoms with Crippen molar-refractivity contribution in [3.8, 4) is 0 Å². The summed E-state index contributed by atoms with van der Waals surface area (Å²) < 4.78 is 0. The van der Waals surface area contributed by atoms with Crippen LogP contribution < -0.4 is 0 Å². The van der Waals surface area contributed by atoms with Crippen molar-refractivity contribution in [1.82, 2.24) is 0 Å². The van der Waals surface area contributed by atoms with Crippen LogP contribution >= 0.6 is 0 Å². The molecule has 0 heterocycles. The van der Waals surface area contributed by atoms with E-state index in [0.717, 1.165) is 11.1 Å². The highest BCUT2D eigenvalue weighted by Crippen LogP contribution is 2.31. The van der Waals surface area contributed by atoms with Crippen molar-refractivity contribution in [2.45, 2.75) is 18.5 Å². The fraction of sp³-hybridized carbons (Fsp3) is 0.176. The second-order valence-electron chi connectivity index (χ2n) is 4.35. The van der Waals surface area contributed by atoms with Crippen molar-refractivity contribution >= 4 is 0 Å². The fourth-order valence-corrected chi connectivity index (χ4v) is 2.09. The minimum absolute atomic E-state index is 0.250. The third-order valence-corrected chi connectivity index (χ3v) is 3.13. The van der Waals surface area contributed by atoms with E-state index in [4.69, 9.17) is 13.1 Å². The summed E-state index contributed by atoms with van der Waals surface area (Å²) in [6, 6.07) is 18.9. The maximum Gasteiger partial charge on any atom is 0.256 e. The van der Waals surface area contributed by atoms with Gasteiger partial charge in [0.05, 0.1) is 0 Å².